The Morgan fingerprint density at radius 1 is 1.11 bits per heavy atom. The molecule has 0 aliphatic carbocycles. The fraction of sp³-hybridized carbons (Fsp3) is 0.188. The topological polar surface area (TPSA) is 28.7 Å². The van der Waals surface area contributed by atoms with Crippen LogP contribution in [0.4, 0.5) is 0 Å². The summed E-state index contributed by atoms with van der Waals surface area (Å²) in [5.74, 6) is 0.955. The van der Waals surface area contributed by atoms with E-state index in [1.807, 2.05) is 6.07 Å². The second-order valence-electron chi connectivity index (χ2n) is 4.61. The zero-order valence-electron chi connectivity index (χ0n) is 10.7. The van der Waals surface area contributed by atoms with E-state index in [1.165, 1.54) is 16.7 Å². The van der Waals surface area contributed by atoms with E-state index in [9.17, 15) is 0 Å². The Morgan fingerprint density at radius 3 is 2.72 bits per heavy atom. The second-order valence-corrected chi connectivity index (χ2v) is 4.61. The molecule has 3 aromatic rings. The molecule has 18 heavy (non-hydrogen) atoms. The summed E-state index contributed by atoms with van der Waals surface area (Å²) >= 11 is 0. The standard InChI is InChI=1S/C16H16N2/c1-3-12-8-9-14-15(10-12)18-16(17-14)13-7-5-4-6-11(13)2/h4-10H,3H2,1-2H3,(H,17,18). The lowest BCUT2D eigenvalue weighted by molar-refractivity contribution is 1.14. The van der Waals surface area contributed by atoms with Gasteiger partial charge in [-0.2, -0.15) is 0 Å². The lowest BCUT2D eigenvalue weighted by Crippen LogP contribution is -1.83. The van der Waals surface area contributed by atoms with Gasteiger partial charge in [0.1, 0.15) is 5.82 Å². The summed E-state index contributed by atoms with van der Waals surface area (Å²) in [5.41, 5.74) is 5.90. The highest BCUT2D eigenvalue weighted by Gasteiger charge is 2.07. The van der Waals surface area contributed by atoms with E-state index in [0.29, 0.717) is 0 Å². The fourth-order valence-corrected chi connectivity index (χ4v) is 2.24. The first-order valence-corrected chi connectivity index (χ1v) is 6.32. The Kier molecular flexibility index (Phi) is 2.63. The Morgan fingerprint density at radius 2 is 1.94 bits per heavy atom. The number of imidazole rings is 1. The second kappa shape index (κ2) is 4.30. The molecule has 0 saturated heterocycles. The van der Waals surface area contributed by atoms with Crippen LogP contribution in [0.1, 0.15) is 18.1 Å². The zero-order chi connectivity index (χ0) is 12.5. The maximum absolute atomic E-state index is 4.66. The molecule has 2 aromatic carbocycles. The summed E-state index contributed by atoms with van der Waals surface area (Å²) in [5, 5.41) is 0. The molecule has 1 heterocycles. The third-order valence-corrected chi connectivity index (χ3v) is 3.35. The minimum absolute atomic E-state index is 0.955. The third kappa shape index (κ3) is 1.80. The average molecular weight is 236 g/mol. The molecule has 0 spiro atoms. The largest absolute Gasteiger partial charge is 0.338 e. The number of nitrogens with zero attached hydrogens (tertiary/aromatic N) is 1. The minimum atomic E-state index is 0.955. The van der Waals surface area contributed by atoms with Crippen molar-refractivity contribution in [3.8, 4) is 11.4 Å². The van der Waals surface area contributed by atoms with E-state index in [0.717, 1.165) is 23.3 Å². The number of H-pyrrole nitrogens is 1. The number of rotatable bonds is 2. The molecule has 90 valence electrons. The number of aromatic nitrogens is 2. The molecular weight excluding hydrogens is 220 g/mol. The quantitative estimate of drug-likeness (QED) is 0.713. The van der Waals surface area contributed by atoms with Gasteiger partial charge in [0.25, 0.3) is 0 Å². The van der Waals surface area contributed by atoms with Gasteiger partial charge < -0.3 is 4.98 Å². The zero-order valence-corrected chi connectivity index (χ0v) is 10.7. The van der Waals surface area contributed by atoms with Crippen LogP contribution in [-0.4, -0.2) is 9.97 Å². The highest BCUT2D eigenvalue weighted by atomic mass is 14.9. The molecule has 0 atom stereocenters. The van der Waals surface area contributed by atoms with Crippen LogP contribution in [-0.2, 0) is 6.42 Å². The van der Waals surface area contributed by atoms with Gasteiger partial charge in [-0.1, -0.05) is 37.3 Å². The van der Waals surface area contributed by atoms with Crippen molar-refractivity contribution in [2.45, 2.75) is 20.3 Å². The van der Waals surface area contributed by atoms with Gasteiger partial charge in [0.2, 0.25) is 0 Å². The summed E-state index contributed by atoms with van der Waals surface area (Å²) < 4.78 is 0. The van der Waals surface area contributed by atoms with Crippen LogP contribution in [0.3, 0.4) is 0 Å². The van der Waals surface area contributed by atoms with Gasteiger partial charge in [-0.05, 0) is 36.6 Å². The lowest BCUT2D eigenvalue weighted by Gasteiger charge is -2.00. The lowest BCUT2D eigenvalue weighted by atomic mass is 10.1. The number of aromatic amines is 1. The van der Waals surface area contributed by atoms with E-state index in [4.69, 9.17) is 0 Å². The van der Waals surface area contributed by atoms with Crippen LogP contribution in [0.5, 0.6) is 0 Å². The Balaban J connectivity index is 2.17. The van der Waals surface area contributed by atoms with Gasteiger partial charge in [-0.25, -0.2) is 4.98 Å². The predicted octanol–water partition coefficient (Wildman–Crippen LogP) is 4.10. The summed E-state index contributed by atoms with van der Waals surface area (Å²) in [6, 6.07) is 14.7. The van der Waals surface area contributed by atoms with Crippen LogP contribution in [0.15, 0.2) is 42.5 Å². The Bertz CT molecular complexity index is 695. The SMILES string of the molecule is CCc1ccc2nc(-c3ccccc3C)[nH]c2c1. The molecule has 0 radical (unpaired) electrons. The van der Waals surface area contributed by atoms with E-state index in [-0.39, 0.29) is 0 Å². The van der Waals surface area contributed by atoms with Crippen molar-refractivity contribution >= 4 is 11.0 Å². The number of aryl methyl sites for hydroxylation is 2. The molecule has 0 fully saturated rings. The van der Waals surface area contributed by atoms with Gasteiger partial charge in [-0.15, -0.1) is 0 Å². The van der Waals surface area contributed by atoms with Gasteiger partial charge in [0, 0.05) is 5.56 Å². The number of hydrogen-bond acceptors (Lipinski definition) is 1. The van der Waals surface area contributed by atoms with Crippen molar-refractivity contribution < 1.29 is 0 Å². The molecular formula is C16H16N2. The van der Waals surface area contributed by atoms with Crippen LogP contribution in [0, 0.1) is 6.92 Å². The first-order valence-electron chi connectivity index (χ1n) is 6.32. The van der Waals surface area contributed by atoms with Crippen molar-refractivity contribution in [1.29, 1.82) is 0 Å². The van der Waals surface area contributed by atoms with Crippen molar-refractivity contribution in [1.82, 2.24) is 9.97 Å². The predicted molar refractivity (Wildman–Crippen MR) is 75.6 cm³/mol. The van der Waals surface area contributed by atoms with Crippen LogP contribution in [0.25, 0.3) is 22.4 Å². The molecule has 0 saturated carbocycles. The summed E-state index contributed by atoms with van der Waals surface area (Å²) in [6.45, 7) is 4.28. The van der Waals surface area contributed by atoms with Crippen molar-refractivity contribution in [3.05, 3.63) is 53.6 Å². The molecule has 0 unspecified atom stereocenters. The van der Waals surface area contributed by atoms with E-state index in [2.05, 4.69) is 60.2 Å². The molecule has 0 aliphatic rings. The molecule has 2 nitrogen and oxygen atoms in total. The molecule has 3 rings (SSSR count). The molecule has 1 N–H and O–H groups in total. The Labute approximate surface area is 107 Å². The number of fused-ring (bicyclic) bond motifs is 1. The first-order chi connectivity index (χ1) is 8.78. The molecule has 0 aliphatic heterocycles. The van der Waals surface area contributed by atoms with Gasteiger partial charge in [0.15, 0.2) is 0 Å². The number of nitrogens with one attached hydrogen (secondary N) is 1. The van der Waals surface area contributed by atoms with Crippen LogP contribution in [0.2, 0.25) is 0 Å². The fourth-order valence-electron chi connectivity index (χ4n) is 2.24. The first kappa shape index (κ1) is 11.0. The molecule has 0 amide bonds. The van der Waals surface area contributed by atoms with Gasteiger partial charge >= 0.3 is 0 Å². The summed E-state index contributed by atoms with van der Waals surface area (Å²) in [7, 11) is 0. The number of benzene rings is 2. The molecule has 1 aromatic heterocycles. The normalized spacial score (nSPS) is 11.0. The smallest absolute Gasteiger partial charge is 0.138 e. The van der Waals surface area contributed by atoms with Crippen molar-refractivity contribution in [3.63, 3.8) is 0 Å². The van der Waals surface area contributed by atoms with E-state index < -0.39 is 0 Å². The number of hydrogen-bond donors (Lipinski definition) is 1. The highest BCUT2D eigenvalue weighted by molar-refractivity contribution is 5.80. The third-order valence-electron chi connectivity index (χ3n) is 3.35. The maximum Gasteiger partial charge on any atom is 0.138 e. The maximum atomic E-state index is 4.66. The molecule has 2 heteroatoms. The van der Waals surface area contributed by atoms with Crippen molar-refractivity contribution in [2.75, 3.05) is 0 Å². The summed E-state index contributed by atoms with van der Waals surface area (Å²) in [4.78, 5) is 8.08. The molecule has 0 bridgehead atoms. The van der Waals surface area contributed by atoms with E-state index in [1.54, 1.807) is 0 Å². The summed E-state index contributed by atoms with van der Waals surface area (Å²) in [6.07, 6.45) is 1.05. The highest BCUT2D eigenvalue weighted by Crippen LogP contribution is 2.23. The van der Waals surface area contributed by atoms with E-state index >= 15 is 0 Å². The van der Waals surface area contributed by atoms with Crippen molar-refractivity contribution in [2.24, 2.45) is 0 Å². The van der Waals surface area contributed by atoms with Crippen LogP contribution >= 0.6 is 0 Å². The van der Waals surface area contributed by atoms with Gasteiger partial charge in [0.05, 0.1) is 11.0 Å². The Hall–Kier alpha value is -2.09. The monoisotopic (exact) mass is 236 g/mol. The van der Waals surface area contributed by atoms with Gasteiger partial charge in [-0.3, -0.25) is 0 Å². The minimum Gasteiger partial charge on any atom is -0.338 e. The average Bonchev–Trinajstić information content (AvgIpc) is 2.81. The van der Waals surface area contributed by atoms with Crippen LogP contribution < -0.4 is 0 Å².